The lowest BCUT2D eigenvalue weighted by atomic mass is 10.0. The van der Waals surface area contributed by atoms with Gasteiger partial charge in [-0.3, -0.25) is 14.5 Å². The van der Waals surface area contributed by atoms with E-state index < -0.39 is 34.1 Å². The third-order valence-corrected chi connectivity index (χ3v) is 6.06. The van der Waals surface area contributed by atoms with Crippen molar-refractivity contribution in [3.8, 4) is 0 Å². The molecule has 0 aromatic heterocycles. The molecular weight excluding hydrogens is 360 g/mol. The van der Waals surface area contributed by atoms with Gasteiger partial charge in [-0.15, -0.1) is 0 Å². The summed E-state index contributed by atoms with van der Waals surface area (Å²) >= 11 is 0. The van der Waals surface area contributed by atoms with E-state index in [1.54, 1.807) is 13.8 Å². The van der Waals surface area contributed by atoms with Gasteiger partial charge in [-0.1, -0.05) is 6.42 Å². The van der Waals surface area contributed by atoms with Crippen molar-refractivity contribution in [3.63, 3.8) is 0 Å². The molecule has 0 aromatic carbocycles. The van der Waals surface area contributed by atoms with Gasteiger partial charge in [0, 0.05) is 13.6 Å². The molecule has 4 atom stereocenters. The Morgan fingerprint density at radius 2 is 1.88 bits per heavy atom. The van der Waals surface area contributed by atoms with E-state index in [0.29, 0.717) is 0 Å². The van der Waals surface area contributed by atoms with E-state index in [2.05, 4.69) is 10.6 Å². The van der Waals surface area contributed by atoms with Gasteiger partial charge >= 0.3 is 0 Å². The normalized spacial score (nSPS) is 22.5. The predicted molar refractivity (Wildman–Crippen MR) is 99.0 cm³/mol. The molecule has 0 bridgehead atoms. The van der Waals surface area contributed by atoms with Gasteiger partial charge in [-0.2, -0.15) is 0 Å². The van der Waals surface area contributed by atoms with Crippen LogP contribution in [0, 0.1) is 0 Å². The second-order valence-corrected chi connectivity index (χ2v) is 9.22. The number of likely N-dealkylation sites (N-methyl/N-ethyl adjacent to an activating group) is 2. The predicted octanol–water partition coefficient (Wildman–Crippen LogP) is -1.27. The number of sulfonamides is 1. The summed E-state index contributed by atoms with van der Waals surface area (Å²) in [4.78, 5) is 26.6. The average molecular weight is 393 g/mol. The molecule has 0 saturated carbocycles. The van der Waals surface area contributed by atoms with Crippen molar-refractivity contribution in [1.29, 1.82) is 0 Å². The van der Waals surface area contributed by atoms with Crippen LogP contribution in [0.4, 0.5) is 0 Å². The zero-order chi connectivity index (χ0) is 20.1. The summed E-state index contributed by atoms with van der Waals surface area (Å²) in [5.41, 5.74) is 0. The molecule has 1 unspecified atom stereocenters. The number of piperidine rings is 1. The highest BCUT2D eigenvalue weighted by Gasteiger charge is 2.29. The standard InChI is InChI=1S/C16H32N4O5S/c1-11(14(21)10-20(4)26(5,24)25)17-15(22)12(2)18-16(23)13-8-6-7-9-19(13)3/h11-14,21H,6-10H2,1-5H3,(H,17,22)(H,18,23)/t11-,12-,13?,14+/m0/s1. The van der Waals surface area contributed by atoms with Crippen LogP contribution in [0.3, 0.4) is 0 Å². The quantitative estimate of drug-likeness (QED) is 0.474. The maximum absolute atomic E-state index is 12.3. The third-order valence-electron chi connectivity index (χ3n) is 4.78. The van der Waals surface area contributed by atoms with Gasteiger partial charge in [0.2, 0.25) is 21.8 Å². The number of hydrogen-bond acceptors (Lipinski definition) is 6. The number of likely N-dealkylation sites (tertiary alicyclic amines) is 1. The Morgan fingerprint density at radius 3 is 2.42 bits per heavy atom. The first kappa shape index (κ1) is 22.8. The number of nitrogens with one attached hydrogen (secondary N) is 2. The van der Waals surface area contributed by atoms with Gasteiger partial charge in [-0.05, 0) is 40.3 Å². The molecule has 1 saturated heterocycles. The van der Waals surface area contributed by atoms with E-state index in [1.807, 2.05) is 11.9 Å². The molecule has 9 nitrogen and oxygen atoms in total. The summed E-state index contributed by atoms with van der Waals surface area (Å²) in [6.07, 6.45) is 2.80. The minimum Gasteiger partial charge on any atom is -0.390 e. The Morgan fingerprint density at radius 1 is 1.27 bits per heavy atom. The Kier molecular flexibility index (Phi) is 8.45. The smallest absolute Gasteiger partial charge is 0.242 e. The van der Waals surface area contributed by atoms with Gasteiger partial charge in [0.1, 0.15) is 6.04 Å². The molecule has 1 aliphatic rings. The second-order valence-electron chi connectivity index (χ2n) is 7.13. The second kappa shape index (κ2) is 9.63. The number of nitrogens with zero attached hydrogens (tertiary/aromatic N) is 2. The number of carbonyl (C=O) groups is 2. The Bertz CT molecular complexity index is 597. The SMILES string of the molecule is C[C@H](NC(=O)C1CCCCN1C)C(=O)N[C@@H](C)[C@H](O)CN(C)S(C)(=O)=O. The highest BCUT2D eigenvalue weighted by atomic mass is 32.2. The van der Waals surface area contributed by atoms with Gasteiger partial charge in [0.15, 0.2) is 0 Å². The Balaban J connectivity index is 2.51. The molecule has 0 spiro atoms. The Labute approximate surface area is 156 Å². The number of carbonyl (C=O) groups excluding carboxylic acids is 2. The molecule has 0 aliphatic carbocycles. The molecule has 0 aromatic rings. The summed E-state index contributed by atoms with van der Waals surface area (Å²) in [6, 6.07) is -1.64. The molecule has 1 rings (SSSR count). The third kappa shape index (κ3) is 6.82. The molecule has 26 heavy (non-hydrogen) atoms. The van der Waals surface area contributed by atoms with Crippen LogP contribution in [-0.2, 0) is 19.6 Å². The van der Waals surface area contributed by atoms with Crippen molar-refractivity contribution in [2.45, 2.75) is 57.3 Å². The number of aliphatic hydroxyl groups excluding tert-OH is 1. The van der Waals surface area contributed by atoms with Crippen LogP contribution in [0.5, 0.6) is 0 Å². The summed E-state index contributed by atoms with van der Waals surface area (Å²) in [5, 5.41) is 15.4. The van der Waals surface area contributed by atoms with Crippen LogP contribution in [-0.4, -0.2) is 92.2 Å². The van der Waals surface area contributed by atoms with Crippen LogP contribution in [0.15, 0.2) is 0 Å². The van der Waals surface area contributed by atoms with Crippen LogP contribution < -0.4 is 10.6 Å². The van der Waals surface area contributed by atoms with Crippen molar-refractivity contribution in [1.82, 2.24) is 19.8 Å². The van der Waals surface area contributed by atoms with E-state index in [0.717, 1.165) is 36.4 Å². The van der Waals surface area contributed by atoms with E-state index >= 15 is 0 Å². The number of hydrogen-bond donors (Lipinski definition) is 3. The van der Waals surface area contributed by atoms with E-state index in [-0.39, 0.29) is 18.5 Å². The Hall–Kier alpha value is -1.23. The average Bonchev–Trinajstić information content (AvgIpc) is 2.53. The fourth-order valence-electron chi connectivity index (χ4n) is 2.78. The minimum absolute atomic E-state index is 0.131. The van der Waals surface area contributed by atoms with Crippen LogP contribution >= 0.6 is 0 Å². The molecule has 0 radical (unpaired) electrons. The van der Waals surface area contributed by atoms with Crippen molar-refractivity contribution in [2.24, 2.45) is 0 Å². The van der Waals surface area contributed by atoms with Crippen molar-refractivity contribution < 1.29 is 23.1 Å². The van der Waals surface area contributed by atoms with Gasteiger partial charge in [0.05, 0.1) is 24.4 Å². The van der Waals surface area contributed by atoms with Crippen LogP contribution in [0.25, 0.3) is 0 Å². The number of rotatable bonds is 8. The first-order chi connectivity index (χ1) is 11.9. The largest absolute Gasteiger partial charge is 0.390 e. The number of aliphatic hydroxyl groups is 1. The highest BCUT2D eigenvalue weighted by Crippen LogP contribution is 2.15. The summed E-state index contributed by atoms with van der Waals surface area (Å²) in [5.74, 6) is -0.606. The van der Waals surface area contributed by atoms with Gasteiger partial charge < -0.3 is 15.7 Å². The van der Waals surface area contributed by atoms with Crippen molar-refractivity contribution in [3.05, 3.63) is 0 Å². The minimum atomic E-state index is -3.41. The highest BCUT2D eigenvalue weighted by molar-refractivity contribution is 7.88. The lowest BCUT2D eigenvalue weighted by Crippen LogP contribution is -2.55. The molecule has 3 N–H and O–H groups in total. The molecule has 1 fully saturated rings. The lowest BCUT2D eigenvalue weighted by Gasteiger charge is -2.32. The molecule has 1 aliphatic heterocycles. The molecule has 1 heterocycles. The zero-order valence-corrected chi connectivity index (χ0v) is 17.0. The molecular formula is C16H32N4O5S. The molecule has 10 heteroatoms. The van der Waals surface area contributed by atoms with E-state index in [1.165, 1.54) is 7.05 Å². The summed E-state index contributed by atoms with van der Waals surface area (Å²) < 4.78 is 23.8. The zero-order valence-electron chi connectivity index (χ0n) is 16.2. The summed E-state index contributed by atoms with van der Waals surface area (Å²) in [7, 11) is -0.159. The topological polar surface area (TPSA) is 119 Å². The maximum atomic E-state index is 12.3. The van der Waals surface area contributed by atoms with E-state index in [9.17, 15) is 23.1 Å². The first-order valence-corrected chi connectivity index (χ1v) is 10.7. The van der Waals surface area contributed by atoms with E-state index in [4.69, 9.17) is 0 Å². The maximum Gasteiger partial charge on any atom is 0.242 e. The van der Waals surface area contributed by atoms with Crippen molar-refractivity contribution in [2.75, 3.05) is 33.4 Å². The van der Waals surface area contributed by atoms with Gasteiger partial charge in [-0.25, -0.2) is 12.7 Å². The summed E-state index contributed by atoms with van der Waals surface area (Å²) in [6.45, 7) is 3.89. The fraction of sp³-hybridized carbons (Fsp3) is 0.875. The van der Waals surface area contributed by atoms with Crippen LogP contribution in [0.1, 0.15) is 33.1 Å². The first-order valence-electron chi connectivity index (χ1n) is 8.83. The van der Waals surface area contributed by atoms with Crippen molar-refractivity contribution >= 4 is 21.8 Å². The number of amides is 2. The molecule has 2 amide bonds. The van der Waals surface area contributed by atoms with Crippen LogP contribution in [0.2, 0.25) is 0 Å². The monoisotopic (exact) mass is 392 g/mol. The fourth-order valence-corrected chi connectivity index (χ4v) is 3.21. The molecule has 152 valence electrons. The van der Waals surface area contributed by atoms with Gasteiger partial charge in [0.25, 0.3) is 0 Å². The lowest BCUT2D eigenvalue weighted by molar-refractivity contribution is -0.132.